The van der Waals surface area contributed by atoms with E-state index < -0.39 is 0 Å². The molecule has 148 valence electrons. The van der Waals surface area contributed by atoms with Crippen molar-refractivity contribution in [2.75, 3.05) is 6.54 Å². The summed E-state index contributed by atoms with van der Waals surface area (Å²) < 4.78 is 1.55. The molecule has 0 unspecified atom stereocenters. The molecule has 3 aromatic rings. The highest BCUT2D eigenvalue weighted by Crippen LogP contribution is 2.42. The Morgan fingerprint density at radius 2 is 2.04 bits per heavy atom. The van der Waals surface area contributed by atoms with Gasteiger partial charge in [-0.15, -0.1) is 17.5 Å². The number of hydrogen-bond donors (Lipinski definition) is 2. The van der Waals surface area contributed by atoms with Crippen LogP contribution in [-0.4, -0.2) is 36.9 Å². The summed E-state index contributed by atoms with van der Waals surface area (Å²) in [6.07, 6.45) is 3.37. The number of aromatic nitrogens is 6. The lowest BCUT2D eigenvalue weighted by atomic mass is 9.68. The molecule has 2 aromatic heterocycles. The number of nitrogens with one attached hydrogen (secondary N) is 1. The molecule has 3 N–H and O–H groups in total. The van der Waals surface area contributed by atoms with Gasteiger partial charge in [0, 0.05) is 23.0 Å². The van der Waals surface area contributed by atoms with Gasteiger partial charge < -0.3 is 5.73 Å². The zero-order chi connectivity index (χ0) is 18.9. The van der Waals surface area contributed by atoms with Crippen molar-refractivity contribution in [3.8, 4) is 11.5 Å². The fourth-order valence-corrected chi connectivity index (χ4v) is 4.10. The Kier molecular flexibility index (Phi) is 6.12. The van der Waals surface area contributed by atoms with Crippen molar-refractivity contribution < 1.29 is 0 Å². The first-order valence-corrected chi connectivity index (χ1v) is 9.29. The van der Waals surface area contributed by atoms with Crippen molar-refractivity contribution in [3.05, 3.63) is 57.3 Å². The van der Waals surface area contributed by atoms with Crippen molar-refractivity contribution in [1.29, 1.82) is 0 Å². The number of tetrazole rings is 1. The van der Waals surface area contributed by atoms with Gasteiger partial charge >= 0.3 is 0 Å². The largest absolute Gasteiger partial charge is 0.330 e. The van der Waals surface area contributed by atoms with Crippen LogP contribution in [0.1, 0.15) is 37.3 Å². The third-order valence-corrected chi connectivity index (χ3v) is 5.73. The van der Waals surface area contributed by atoms with E-state index in [0.29, 0.717) is 23.1 Å². The minimum absolute atomic E-state index is 0. The van der Waals surface area contributed by atoms with Crippen LogP contribution in [-0.2, 0) is 5.41 Å². The van der Waals surface area contributed by atoms with E-state index in [2.05, 4.69) is 31.8 Å². The van der Waals surface area contributed by atoms with Crippen LogP contribution < -0.4 is 11.3 Å². The van der Waals surface area contributed by atoms with Crippen molar-refractivity contribution >= 4 is 24.0 Å². The van der Waals surface area contributed by atoms with Crippen LogP contribution in [0, 0.1) is 0 Å². The summed E-state index contributed by atoms with van der Waals surface area (Å²) in [4.78, 5) is 12.4. The molecule has 0 amide bonds. The fraction of sp³-hybridized carbons (Fsp3) is 0.389. The molecule has 0 spiro atoms. The fourth-order valence-electron chi connectivity index (χ4n) is 3.91. The molecule has 4 rings (SSSR count). The highest BCUT2D eigenvalue weighted by atomic mass is 35.5. The summed E-state index contributed by atoms with van der Waals surface area (Å²) in [5, 5.41) is 18.9. The second-order valence-electron chi connectivity index (χ2n) is 6.98. The van der Waals surface area contributed by atoms with Gasteiger partial charge in [0.05, 0.1) is 6.04 Å². The van der Waals surface area contributed by atoms with E-state index in [-0.39, 0.29) is 29.4 Å². The lowest BCUT2D eigenvalue weighted by Crippen LogP contribution is -2.41. The average molecular weight is 422 g/mol. The monoisotopic (exact) mass is 421 g/mol. The van der Waals surface area contributed by atoms with Crippen LogP contribution in [0.25, 0.3) is 11.5 Å². The van der Waals surface area contributed by atoms with Gasteiger partial charge in [-0.2, -0.15) is 5.10 Å². The smallest absolute Gasteiger partial charge is 0.267 e. The molecule has 8 nitrogen and oxygen atoms in total. The van der Waals surface area contributed by atoms with E-state index >= 15 is 0 Å². The quantitative estimate of drug-likeness (QED) is 0.668. The molecule has 1 fully saturated rings. The number of aromatic amines is 1. The summed E-state index contributed by atoms with van der Waals surface area (Å²) >= 11 is 6.18. The van der Waals surface area contributed by atoms with Crippen LogP contribution in [0.4, 0.5) is 0 Å². The predicted molar refractivity (Wildman–Crippen MR) is 109 cm³/mol. The van der Waals surface area contributed by atoms with Crippen LogP contribution in [0.15, 0.2) is 41.2 Å². The number of rotatable bonds is 4. The first-order valence-electron chi connectivity index (χ1n) is 8.91. The Bertz CT molecular complexity index is 982. The van der Waals surface area contributed by atoms with Crippen LogP contribution >= 0.6 is 24.0 Å². The summed E-state index contributed by atoms with van der Waals surface area (Å²) in [6, 6.07) is 11.1. The van der Waals surface area contributed by atoms with E-state index in [1.54, 1.807) is 10.7 Å². The van der Waals surface area contributed by atoms with Gasteiger partial charge in [0.1, 0.15) is 5.69 Å². The van der Waals surface area contributed by atoms with Crippen molar-refractivity contribution in [2.24, 2.45) is 5.73 Å². The maximum absolute atomic E-state index is 12.4. The van der Waals surface area contributed by atoms with Gasteiger partial charge in [-0.25, -0.2) is 9.78 Å². The topological polar surface area (TPSA) is 115 Å². The van der Waals surface area contributed by atoms with Gasteiger partial charge in [-0.1, -0.05) is 23.7 Å². The van der Waals surface area contributed by atoms with E-state index in [9.17, 15) is 4.79 Å². The van der Waals surface area contributed by atoms with Gasteiger partial charge in [-0.3, -0.25) is 4.79 Å². The molecule has 1 aliphatic carbocycles. The molecule has 2 heterocycles. The van der Waals surface area contributed by atoms with Crippen molar-refractivity contribution in [3.63, 3.8) is 0 Å². The maximum Gasteiger partial charge on any atom is 0.267 e. The number of nitrogens with zero attached hydrogens (tertiary/aromatic N) is 5. The lowest BCUT2D eigenvalue weighted by Gasteiger charge is -2.40. The molecule has 0 radical (unpaired) electrons. The number of H-pyrrole nitrogens is 1. The standard InChI is InChI=1S/C18H20ClN7O.ClH/c19-13-3-1-2-12(10-13)18(11-20)8-6-14(7-9-18)26-16(27)5-4-15(23-26)17-21-24-25-22-17;/h1-5,10,14H,6-9,11,20H2,(H,21,22,24,25);1H/t14-,18-;. The molecule has 10 heteroatoms. The molecule has 0 atom stereocenters. The van der Waals surface area contributed by atoms with E-state index in [4.69, 9.17) is 17.3 Å². The zero-order valence-corrected chi connectivity index (χ0v) is 16.7. The molecule has 28 heavy (non-hydrogen) atoms. The molecule has 0 aliphatic heterocycles. The number of nitrogens with two attached hydrogens (primary N) is 1. The second-order valence-corrected chi connectivity index (χ2v) is 7.41. The van der Waals surface area contributed by atoms with Crippen molar-refractivity contribution in [2.45, 2.75) is 37.1 Å². The van der Waals surface area contributed by atoms with Crippen molar-refractivity contribution in [1.82, 2.24) is 30.4 Å². The van der Waals surface area contributed by atoms with E-state index in [1.807, 2.05) is 18.2 Å². The number of benzene rings is 1. The Morgan fingerprint density at radius 3 is 2.68 bits per heavy atom. The Labute approximate surface area is 172 Å². The Hall–Kier alpha value is -2.29. The van der Waals surface area contributed by atoms with Gasteiger partial charge in [-0.05, 0) is 59.9 Å². The molecule has 1 aromatic carbocycles. The highest BCUT2D eigenvalue weighted by molar-refractivity contribution is 6.30. The lowest BCUT2D eigenvalue weighted by molar-refractivity contribution is 0.222. The third kappa shape index (κ3) is 3.80. The minimum atomic E-state index is -0.126. The van der Waals surface area contributed by atoms with Crippen LogP contribution in [0.3, 0.4) is 0 Å². The number of halogens is 2. The molecular formula is C18H21Cl2N7O. The molecule has 0 bridgehead atoms. The van der Waals surface area contributed by atoms with E-state index in [1.165, 1.54) is 6.07 Å². The Balaban J connectivity index is 0.00000225. The first kappa shape index (κ1) is 20.4. The highest BCUT2D eigenvalue weighted by Gasteiger charge is 2.37. The SMILES string of the molecule is Cl.NC[C@]1(c2cccc(Cl)c2)CC[C@H](n2nc(-c3nnn[nH]3)ccc2=O)CC1. The third-order valence-electron chi connectivity index (χ3n) is 5.50. The summed E-state index contributed by atoms with van der Waals surface area (Å²) in [6.45, 7) is 0.548. The number of hydrogen-bond acceptors (Lipinski definition) is 6. The first-order chi connectivity index (χ1) is 13.1. The normalized spacial score (nSPS) is 21.9. The minimum Gasteiger partial charge on any atom is -0.330 e. The summed E-state index contributed by atoms with van der Waals surface area (Å²) in [5.41, 5.74) is 7.64. The average Bonchev–Trinajstić information content (AvgIpc) is 3.23. The summed E-state index contributed by atoms with van der Waals surface area (Å²) in [7, 11) is 0. The molecule has 0 saturated heterocycles. The van der Waals surface area contributed by atoms with E-state index in [0.717, 1.165) is 31.2 Å². The van der Waals surface area contributed by atoms with Gasteiger partial charge in [0.2, 0.25) is 0 Å². The van der Waals surface area contributed by atoms with Gasteiger partial charge in [0.15, 0.2) is 5.82 Å². The zero-order valence-electron chi connectivity index (χ0n) is 15.1. The van der Waals surface area contributed by atoms with Crippen LogP contribution in [0.5, 0.6) is 0 Å². The molecular weight excluding hydrogens is 401 g/mol. The second kappa shape index (κ2) is 8.38. The van der Waals surface area contributed by atoms with Gasteiger partial charge in [0.25, 0.3) is 5.56 Å². The molecule has 1 aliphatic rings. The summed E-state index contributed by atoms with van der Waals surface area (Å²) in [5.74, 6) is 0.440. The molecule has 1 saturated carbocycles. The maximum atomic E-state index is 12.4. The van der Waals surface area contributed by atoms with Crippen LogP contribution in [0.2, 0.25) is 5.02 Å². The predicted octanol–water partition coefficient (Wildman–Crippen LogP) is 2.51. The Morgan fingerprint density at radius 1 is 1.25 bits per heavy atom.